The van der Waals surface area contributed by atoms with Crippen LogP contribution in [0, 0.1) is 0 Å². The van der Waals surface area contributed by atoms with Gasteiger partial charge in [0.25, 0.3) is 0 Å². The number of sulfone groups is 1. The third-order valence-electron chi connectivity index (χ3n) is 4.60. The fourth-order valence-corrected chi connectivity index (χ4v) is 4.51. The van der Waals surface area contributed by atoms with Gasteiger partial charge in [-0.3, -0.25) is 4.90 Å². The van der Waals surface area contributed by atoms with Gasteiger partial charge in [0.2, 0.25) is 0 Å². The van der Waals surface area contributed by atoms with Gasteiger partial charge in [-0.05, 0) is 32.1 Å². The van der Waals surface area contributed by atoms with Crippen LogP contribution >= 0.6 is 0 Å². The smallest absolute Gasteiger partial charge is 0.150 e. The summed E-state index contributed by atoms with van der Waals surface area (Å²) in [7, 11) is -2.88. The minimum Gasteiger partial charge on any atom is -0.329 e. The maximum Gasteiger partial charge on any atom is 0.150 e. The molecular weight excluding hydrogens is 248 g/mol. The Bertz CT molecular complexity index is 365. The number of nitrogens with zero attached hydrogens (tertiary/aromatic N) is 1. The van der Waals surface area contributed by atoms with Crippen molar-refractivity contribution in [3.63, 3.8) is 0 Å². The molecule has 0 saturated heterocycles. The van der Waals surface area contributed by atoms with Crippen molar-refractivity contribution in [2.45, 2.75) is 62.3 Å². The minimum absolute atomic E-state index is 0.128. The van der Waals surface area contributed by atoms with Gasteiger partial charge in [0.05, 0.1) is 5.25 Å². The van der Waals surface area contributed by atoms with Crippen molar-refractivity contribution in [3.8, 4) is 0 Å². The molecule has 2 saturated carbocycles. The van der Waals surface area contributed by atoms with Gasteiger partial charge in [-0.15, -0.1) is 0 Å². The summed E-state index contributed by atoms with van der Waals surface area (Å²) in [6.45, 7) is 1.60. The molecule has 0 aromatic heterocycles. The Labute approximate surface area is 111 Å². The number of hydrogen-bond donors (Lipinski definition) is 1. The van der Waals surface area contributed by atoms with Gasteiger partial charge in [-0.25, -0.2) is 8.42 Å². The van der Waals surface area contributed by atoms with Gasteiger partial charge in [0, 0.05) is 31.4 Å². The first kappa shape index (κ1) is 14.3. The van der Waals surface area contributed by atoms with Crippen LogP contribution in [-0.4, -0.2) is 50.0 Å². The Morgan fingerprint density at radius 1 is 1.11 bits per heavy atom. The molecule has 106 valence electrons. The highest BCUT2D eigenvalue weighted by Gasteiger charge is 2.35. The highest BCUT2D eigenvalue weighted by atomic mass is 32.2. The average Bonchev–Trinajstić information content (AvgIpc) is 2.25. The van der Waals surface area contributed by atoms with Gasteiger partial charge in [-0.1, -0.05) is 12.8 Å². The molecule has 0 aromatic rings. The fraction of sp³-hybridized carbons (Fsp3) is 1.00. The average molecular weight is 274 g/mol. The Balaban J connectivity index is 2.01. The van der Waals surface area contributed by atoms with Crippen molar-refractivity contribution in [3.05, 3.63) is 0 Å². The predicted octanol–water partition coefficient (Wildman–Crippen LogP) is 1.16. The lowest BCUT2D eigenvalue weighted by atomic mass is 9.86. The van der Waals surface area contributed by atoms with Gasteiger partial charge < -0.3 is 5.73 Å². The lowest BCUT2D eigenvalue weighted by Gasteiger charge is -2.45. The summed E-state index contributed by atoms with van der Waals surface area (Å²) in [4.78, 5) is 2.50. The van der Waals surface area contributed by atoms with Crippen molar-refractivity contribution < 1.29 is 8.42 Å². The van der Waals surface area contributed by atoms with Crippen LogP contribution in [0.5, 0.6) is 0 Å². The van der Waals surface area contributed by atoms with Gasteiger partial charge >= 0.3 is 0 Å². The van der Waals surface area contributed by atoms with Crippen LogP contribution in [0.25, 0.3) is 0 Å². The van der Waals surface area contributed by atoms with Gasteiger partial charge in [0.1, 0.15) is 9.84 Å². The molecule has 2 fully saturated rings. The second kappa shape index (κ2) is 5.88. The van der Waals surface area contributed by atoms with Crippen molar-refractivity contribution in [1.82, 2.24) is 4.90 Å². The third kappa shape index (κ3) is 3.25. The van der Waals surface area contributed by atoms with Crippen LogP contribution in [0.3, 0.4) is 0 Å². The van der Waals surface area contributed by atoms with Crippen LogP contribution in [0.4, 0.5) is 0 Å². The third-order valence-corrected chi connectivity index (χ3v) is 6.24. The van der Waals surface area contributed by atoms with E-state index >= 15 is 0 Å². The van der Waals surface area contributed by atoms with Crippen molar-refractivity contribution in [2.75, 3.05) is 19.3 Å². The minimum atomic E-state index is -2.88. The first-order valence-corrected chi connectivity index (χ1v) is 9.12. The summed E-state index contributed by atoms with van der Waals surface area (Å²) in [5.41, 5.74) is 5.71. The van der Waals surface area contributed by atoms with Gasteiger partial charge in [-0.2, -0.15) is 0 Å². The Morgan fingerprint density at radius 3 is 2.22 bits per heavy atom. The summed E-state index contributed by atoms with van der Waals surface area (Å²) in [6, 6.07) is 1.10. The van der Waals surface area contributed by atoms with E-state index in [2.05, 4.69) is 4.90 Å². The number of hydrogen-bond acceptors (Lipinski definition) is 4. The molecule has 2 atom stereocenters. The molecule has 2 unspecified atom stereocenters. The monoisotopic (exact) mass is 274 g/mol. The molecule has 0 amide bonds. The van der Waals surface area contributed by atoms with Crippen molar-refractivity contribution in [2.24, 2.45) is 5.73 Å². The first-order chi connectivity index (χ1) is 8.52. The Hall–Kier alpha value is -0.130. The topological polar surface area (TPSA) is 63.4 Å². The van der Waals surface area contributed by atoms with Crippen molar-refractivity contribution in [1.29, 1.82) is 0 Å². The standard InChI is InChI=1S/C13H26N2O2S/c1-18(16,17)13-7-3-6-12(10-13)15(9-8-14)11-4-2-5-11/h11-13H,2-10,14H2,1H3. The number of rotatable bonds is 5. The van der Waals surface area contributed by atoms with E-state index in [1.165, 1.54) is 25.5 Å². The second-order valence-electron chi connectivity index (χ2n) is 5.88. The largest absolute Gasteiger partial charge is 0.329 e. The van der Waals surface area contributed by atoms with E-state index in [9.17, 15) is 8.42 Å². The predicted molar refractivity (Wildman–Crippen MR) is 74.3 cm³/mol. The molecule has 0 aromatic carbocycles. The summed E-state index contributed by atoms with van der Waals surface area (Å²) in [5.74, 6) is 0. The molecule has 0 heterocycles. The second-order valence-corrected chi connectivity index (χ2v) is 8.21. The Morgan fingerprint density at radius 2 is 1.72 bits per heavy atom. The maximum absolute atomic E-state index is 11.7. The van der Waals surface area contributed by atoms with Crippen LogP contribution in [0.15, 0.2) is 0 Å². The summed E-state index contributed by atoms with van der Waals surface area (Å²) < 4.78 is 23.4. The maximum atomic E-state index is 11.7. The molecule has 4 nitrogen and oxygen atoms in total. The van der Waals surface area contributed by atoms with E-state index in [0.717, 1.165) is 32.2 Å². The zero-order valence-corrected chi connectivity index (χ0v) is 12.2. The first-order valence-electron chi connectivity index (χ1n) is 7.17. The molecule has 2 aliphatic carbocycles. The molecule has 0 radical (unpaired) electrons. The molecule has 2 N–H and O–H groups in total. The van der Waals surface area contributed by atoms with Crippen LogP contribution < -0.4 is 5.73 Å². The molecule has 0 aliphatic heterocycles. The van der Waals surface area contributed by atoms with E-state index in [0.29, 0.717) is 18.6 Å². The summed E-state index contributed by atoms with van der Waals surface area (Å²) in [6.07, 6.45) is 9.06. The molecule has 5 heteroatoms. The number of nitrogens with two attached hydrogens (primary N) is 1. The zero-order chi connectivity index (χ0) is 13.2. The Kier molecular flexibility index (Phi) is 4.67. The fourth-order valence-electron chi connectivity index (χ4n) is 3.34. The SMILES string of the molecule is CS(=O)(=O)C1CCCC(N(CCN)C2CCC2)C1. The molecular formula is C13H26N2O2S. The normalized spacial score (nSPS) is 30.4. The van der Waals surface area contributed by atoms with Crippen LogP contribution in [0.1, 0.15) is 44.9 Å². The van der Waals surface area contributed by atoms with E-state index in [-0.39, 0.29) is 5.25 Å². The van der Waals surface area contributed by atoms with Crippen molar-refractivity contribution >= 4 is 9.84 Å². The lowest BCUT2D eigenvalue weighted by molar-refractivity contribution is 0.0637. The van der Waals surface area contributed by atoms with E-state index < -0.39 is 9.84 Å². The highest BCUT2D eigenvalue weighted by molar-refractivity contribution is 7.91. The zero-order valence-electron chi connectivity index (χ0n) is 11.3. The van der Waals surface area contributed by atoms with E-state index in [1.807, 2.05) is 0 Å². The van der Waals surface area contributed by atoms with Crippen LogP contribution in [0.2, 0.25) is 0 Å². The summed E-state index contributed by atoms with van der Waals surface area (Å²) in [5, 5.41) is -0.128. The molecule has 18 heavy (non-hydrogen) atoms. The molecule has 0 spiro atoms. The van der Waals surface area contributed by atoms with E-state index in [4.69, 9.17) is 5.73 Å². The van der Waals surface area contributed by atoms with Crippen LogP contribution in [-0.2, 0) is 9.84 Å². The van der Waals surface area contributed by atoms with E-state index in [1.54, 1.807) is 0 Å². The highest BCUT2D eigenvalue weighted by Crippen LogP contribution is 2.33. The molecule has 2 rings (SSSR count). The quantitative estimate of drug-likeness (QED) is 0.817. The molecule has 2 aliphatic rings. The molecule has 0 bridgehead atoms. The lowest BCUT2D eigenvalue weighted by Crippen LogP contribution is -2.51. The van der Waals surface area contributed by atoms with Gasteiger partial charge in [0.15, 0.2) is 0 Å². The summed E-state index contributed by atoms with van der Waals surface area (Å²) >= 11 is 0.